The first kappa shape index (κ1) is 12.6. The maximum Gasteiger partial charge on any atom is 0.0944 e. The third kappa shape index (κ3) is 3.55. The Morgan fingerprint density at radius 3 is 2.53 bits per heavy atom. The van der Waals surface area contributed by atoms with E-state index in [1.54, 1.807) is 11.3 Å². The van der Waals surface area contributed by atoms with Crippen LogP contribution in [0.25, 0.3) is 0 Å². The van der Waals surface area contributed by atoms with Gasteiger partial charge < -0.3 is 0 Å². The van der Waals surface area contributed by atoms with Gasteiger partial charge in [0.05, 0.1) is 5.01 Å². The van der Waals surface area contributed by atoms with Gasteiger partial charge in [-0.2, -0.15) is 0 Å². The van der Waals surface area contributed by atoms with E-state index in [4.69, 9.17) is 5.84 Å². The van der Waals surface area contributed by atoms with E-state index in [2.05, 4.69) is 36.6 Å². The molecule has 3 N–H and O–H groups in total. The smallest absolute Gasteiger partial charge is 0.0944 e. The van der Waals surface area contributed by atoms with Gasteiger partial charge in [0.15, 0.2) is 0 Å². The summed E-state index contributed by atoms with van der Waals surface area (Å²) in [6.07, 6.45) is 0.925. The Hall–Kier alpha value is -0.450. The van der Waals surface area contributed by atoms with Crippen LogP contribution in [0.5, 0.6) is 0 Å². The Balaban J connectivity index is 2.61. The average Bonchev–Trinajstić information content (AvgIpc) is 2.59. The second-order valence-corrected chi connectivity index (χ2v) is 5.41. The molecule has 0 fully saturated rings. The van der Waals surface area contributed by atoms with E-state index < -0.39 is 0 Å². The summed E-state index contributed by atoms with van der Waals surface area (Å²) in [6, 6.07) is 0.315. The molecule has 2 unspecified atom stereocenters. The van der Waals surface area contributed by atoms with Crippen molar-refractivity contribution in [2.24, 2.45) is 17.7 Å². The van der Waals surface area contributed by atoms with Crippen LogP contribution in [0.2, 0.25) is 0 Å². The van der Waals surface area contributed by atoms with E-state index in [9.17, 15) is 0 Å². The Morgan fingerprint density at radius 2 is 2.13 bits per heavy atom. The molecule has 3 nitrogen and oxygen atoms in total. The topological polar surface area (TPSA) is 50.9 Å². The summed E-state index contributed by atoms with van der Waals surface area (Å²) in [5, 5.41) is 3.26. The highest BCUT2D eigenvalue weighted by Crippen LogP contribution is 2.19. The fraction of sp³-hybridized carbons (Fsp3) is 0.727. The number of hydrogen-bond acceptors (Lipinski definition) is 4. The minimum absolute atomic E-state index is 0.315. The molecule has 86 valence electrons. The molecule has 0 aliphatic carbocycles. The number of nitrogens with zero attached hydrogens (tertiary/aromatic N) is 1. The summed E-state index contributed by atoms with van der Waals surface area (Å²) in [7, 11) is 0. The summed E-state index contributed by atoms with van der Waals surface area (Å²) in [5.74, 6) is 6.78. The first-order chi connectivity index (χ1) is 7.04. The summed E-state index contributed by atoms with van der Waals surface area (Å²) in [4.78, 5) is 4.46. The fourth-order valence-electron chi connectivity index (χ4n) is 1.55. The van der Waals surface area contributed by atoms with Gasteiger partial charge in [0.25, 0.3) is 0 Å². The molecule has 1 rings (SSSR count). The summed E-state index contributed by atoms with van der Waals surface area (Å²) >= 11 is 1.72. The van der Waals surface area contributed by atoms with Crippen LogP contribution in [0.3, 0.4) is 0 Å². The van der Waals surface area contributed by atoms with E-state index in [-0.39, 0.29) is 0 Å². The molecule has 0 saturated heterocycles. The van der Waals surface area contributed by atoms with E-state index in [0.717, 1.165) is 12.1 Å². The zero-order chi connectivity index (χ0) is 11.4. The highest BCUT2D eigenvalue weighted by molar-refractivity contribution is 7.09. The molecule has 2 atom stereocenters. The minimum Gasteiger partial charge on any atom is -0.271 e. The third-order valence-electron chi connectivity index (χ3n) is 2.96. The molecule has 0 bridgehead atoms. The molecule has 0 aromatic carbocycles. The molecule has 0 aliphatic heterocycles. The lowest BCUT2D eigenvalue weighted by atomic mass is 9.89. The molecule has 15 heavy (non-hydrogen) atoms. The normalized spacial score (nSPS) is 15.6. The standard InChI is InChI=1S/C11H21N3S/c1-7(2)9(4)10(14-12)5-11-13-8(3)6-15-11/h6-7,9-10,14H,5,12H2,1-4H3. The lowest BCUT2D eigenvalue weighted by molar-refractivity contribution is 0.299. The van der Waals surface area contributed by atoms with Crippen LogP contribution < -0.4 is 11.3 Å². The van der Waals surface area contributed by atoms with Gasteiger partial charge >= 0.3 is 0 Å². The Labute approximate surface area is 96.1 Å². The van der Waals surface area contributed by atoms with Gasteiger partial charge in [-0.3, -0.25) is 11.3 Å². The summed E-state index contributed by atoms with van der Waals surface area (Å²) < 4.78 is 0. The van der Waals surface area contributed by atoms with Crippen molar-refractivity contribution < 1.29 is 0 Å². The Kier molecular flexibility index (Phi) is 4.70. The van der Waals surface area contributed by atoms with Crippen molar-refractivity contribution in [1.29, 1.82) is 0 Å². The van der Waals surface area contributed by atoms with Crippen LogP contribution in [0, 0.1) is 18.8 Å². The molecule has 1 aromatic rings. The van der Waals surface area contributed by atoms with Gasteiger partial charge in [0.2, 0.25) is 0 Å². The molecule has 1 heterocycles. The predicted octanol–water partition coefficient (Wildman–Crippen LogP) is 2.12. The summed E-state index contributed by atoms with van der Waals surface area (Å²) in [6.45, 7) is 8.70. The number of nitrogens with one attached hydrogen (secondary N) is 1. The van der Waals surface area contributed by atoms with E-state index in [0.29, 0.717) is 17.9 Å². The highest BCUT2D eigenvalue weighted by atomic mass is 32.1. The molecule has 0 spiro atoms. The number of aromatic nitrogens is 1. The van der Waals surface area contributed by atoms with Gasteiger partial charge in [-0.1, -0.05) is 20.8 Å². The van der Waals surface area contributed by atoms with E-state index in [1.165, 1.54) is 5.01 Å². The van der Waals surface area contributed by atoms with Crippen LogP contribution in [0.1, 0.15) is 31.5 Å². The molecule has 4 heteroatoms. The first-order valence-electron chi connectivity index (χ1n) is 5.41. The molecule has 0 radical (unpaired) electrons. The van der Waals surface area contributed by atoms with Crippen molar-refractivity contribution in [2.75, 3.05) is 0 Å². The van der Waals surface area contributed by atoms with Gasteiger partial charge in [-0.25, -0.2) is 4.98 Å². The van der Waals surface area contributed by atoms with Crippen LogP contribution in [0.4, 0.5) is 0 Å². The van der Waals surface area contributed by atoms with Crippen molar-refractivity contribution in [3.05, 3.63) is 16.1 Å². The third-order valence-corrected chi connectivity index (χ3v) is 3.95. The van der Waals surface area contributed by atoms with Crippen LogP contribution >= 0.6 is 11.3 Å². The monoisotopic (exact) mass is 227 g/mol. The number of hydrogen-bond donors (Lipinski definition) is 2. The zero-order valence-electron chi connectivity index (χ0n) is 9.95. The Bertz CT molecular complexity index is 296. The maximum absolute atomic E-state index is 5.59. The fourth-order valence-corrected chi connectivity index (χ4v) is 2.38. The Morgan fingerprint density at radius 1 is 1.47 bits per heavy atom. The van der Waals surface area contributed by atoms with E-state index >= 15 is 0 Å². The number of thiazole rings is 1. The lowest BCUT2D eigenvalue weighted by Gasteiger charge is -2.25. The highest BCUT2D eigenvalue weighted by Gasteiger charge is 2.20. The van der Waals surface area contributed by atoms with Crippen molar-refractivity contribution in [3.8, 4) is 0 Å². The SMILES string of the molecule is Cc1csc(CC(NN)C(C)C(C)C)n1. The minimum atomic E-state index is 0.315. The van der Waals surface area contributed by atoms with Crippen LogP contribution in [-0.4, -0.2) is 11.0 Å². The number of aryl methyl sites for hydroxylation is 1. The molecular weight excluding hydrogens is 206 g/mol. The number of nitrogens with two attached hydrogens (primary N) is 1. The molecule has 0 amide bonds. The largest absolute Gasteiger partial charge is 0.271 e. The first-order valence-corrected chi connectivity index (χ1v) is 6.29. The van der Waals surface area contributed by atoms with Crippen molar-refractivity contribution in [3.63, 3.8) is 0 Å². The van der Waals surface area contributed by atoms with Crippen LogP contribution in [-0.2, 0) is 6.42 Å². The molecular formula is C11H21N3S. The van der Waals surface area contributed by atoms with Crippen molar-refractivity contribution >= 4 is 11.3 Å². The number of rotatable bonds is 5. The van der Waals surface area contributed by atoms with Crippen molar-refractivity contribution in [1.82, 2.24) is 10.4 Å². The van der Waals surface area contributed by atoms with Gasteiger partial charge in [0.1, 0.15) is 0 Å². The van der Waals surface area contributed by atoms with Gasteiger partial charge in [-0.05, 0) is 18.8 Å². The van der Waals surface area contributed by atoms with Gasteiger partial charge in [-0.15, -0.1) is 11.3 Å². The second-order valence-electron chi connectivity index (χ2n) is 4.46. The van der Waals surface area contributed by atoms with Crippen molar-refractivity contribution in [2.45, 2.75) is 40.2 Å². The second kappa shape index (κ2) is 5.58. The maximum atomic E-state index is 5.59. The lowest BCUT2D eigenvalue weighted by Crippen LogP contribution is -2.43. The average molecular weight is 227 g/mol. The van der Waals surface area contributed by atoms with E-state index in [1.807, 2.05) is 6.92 Å². The molecule has 1 aromatic heterocycles. The molecule has 0 aliphatic rings. The summed E-state index contributed by atoms with van der Waals surface area (Å²) in [5.41, 5.74) is 4.01. The molecule has 0 saturated carbocycles. The van der Waals surface area contributed by atoms with Gasteiger partial charge in [0, 0.05) is 23.5 Å². The predicted molar refractivity (Wildman–Crippen MR) is 65.7 cm³/mol. The van der Waals surface area contributed by atoms with Crippen LogP contribution in [0.15, 0.2) is 5.38 Å². The number of hydrazine groups is 1. The zero-order valence-corrected chi connectivity index (χ0v) is 10.8. The quantitative estimate of drug-likeness (QED) is 0.598.